The lowest BCUT2D eigenvalue weighted by Gasteiger charge is -2.28. The number of esters is 2. The molecule has 2 unspecified atom stereocenters. The lowest BCUT2D eigenvalue weighted by Crippen LogP contribution is -2.40. The van der Waals surface area contributed by atoms with Gasteiger partial charge in [-0.3, -0.25) is 14.4 Å². The van der Waals surface area contributed by atoms with Crippen LogP contribution < -0.4 is 15.2 Å². The van der Waals surface area contributed by atoms with E-state index in [9.17, 15) is 24.3 Å². The van der Waals surface area contributed by atoms with Gasteiger partial charge in [0.25, 0.3) is 0 Å². The Labute approximate surface area is 225 Å². The minimum absolute atomic E-state index is 0.00254. The largest absolute Gasteiger partial charge is 0.508 e. The summed E-state index contributed by atoms with van der Waals surface area (Å²) in [6.07, 6.45) is 3.09. The zero-order valence-electron chi connectivity index (χ0n) is 23.2. The topological polar surface area (TPSA) is 151 Å². The maximum atomic E-state index is 12.4. The molecule has 0 heterocycles. The van der Waals surface area contributed by atoms with Gasteiger partial charge in [0.1, 0.15) is 6.04 Å². The molecule has 0 radical (unpaired) electrons. The summed E-state index contributed by atoms with van der Waals surface area (Å²) in [5.41, 5.74) is 6.47. The molecule has 1 rings (SSSR count). The van der Waals surface area contributed by atoms with Crippen LogP contribution in [0.15, 0.2) is 18.2 Å². The average Bonchev–Trinajstić information content (AvgIpc) is 2.86. The number of nitrogens with two attached hydrogens (primary N) is 1. The Kier molecular flexibility index (Phi) is 15.0. The van der Waals surface area contributed by atoms with E-state index in [1.54, 1.807) is 13.0 Å². The quantitative estimate of drug-likeness (QED) is 0.200. The van der Waals surface area contributed by atoms with Crippen LogP contribution >= 0.6 is 0 Å². The molecule has 0 saturated carbocycles. The number of unbranched alkanes of at least 4 members (excludes halogenated alkanes) is 2. The molecular weight excluding hydrogens is 494 g/mol. The predicted octanol–water partition coefficient (Wildman–Crippen LogP) is 5.21. The number of rotatable bonds is 17. The van der Waals surface area contributed by atoms with Crippen LogP contribution in [0.25, 0.3) is 0 Å². The fraction of sp³-hybridized carbons (Fsp3) is 0.643. The van der Waals surface area contributed by atoms with Gasteiger partial charge in [0.15, 0.2) is 11.5 Å². The van der Waals surface area contributed by atoms with Crippen molar-refractivity contribution in [3.8, 4) is 11.5 Å². The summed E-state index contributed by atoms with van der Waals surface area (Å²) < 4.78 is 21.2. The highest BCUT2D eigenvalue weighted by atomic mass is 16.7. The first-order valence-corrected chi connectivity index (χ1v) is 13.3. The van der Waals surface area contributed by atoms with E-state index in [-0.39, 0.29) is 37.6 Å². The van der Waals surface area contributed by atoms with Crippen LogP contribution in [0, 0.1) is 11.8 Å². The highest BCUT2D eigenvalue weighted by Crippen LogP contribution is 2.36. The summed E-state index contributed by atoms with van der Waals surface area (Å²) in [7, 11) is 0. The van der Waals surface area contributed by atoms with Crippen LogP contribution in [0.1, 0.15) is 91.0 Å². The van der Waals surface area contributed by atoms with E-state index in [1.165, 1.54) is 12.1 Å². The molecule has 0 spiro atoms. The second-order valence-corrected chi connectivity index (χ2v) is 9.82. The van der Waals surface area contributed by atoms with Gasteiger partial charge in [-0.1, -0.05) is 53.5 Å². The lowest BCUT2D eigenvalue weighted by molar-refractivity contribution is -0.139. The summed E-state index contributed by atoms with van der Waals surface area (Å²) in [4.78, 5) is 48.5. The van der Waals surface area contributed by atoms with Crippen LogP contribution in [-0.2, 0) is 23.9 Å². The lowest BCUT2D eigenvalue weighted by atomic mass is 9.82. The Morgan fingerprint density at radius 2 is 1.47 bits per heavy atom. The van der Waals surface area contributed by atoms with Gasteiger partial charge in [0.2, 0.25) is 0 Å². The van der Waals surface area contributed by atoms with E-state index in [0.29, 0.717) is 30.7 Å². The number of carboxylic acids is 1. The monoisotopic (exact) mass is 537 g/mol. The first-order valence-electron chi connectivity index (χ1n) is 13.3. The summed E-state index contributed by atoms with van der Waals surface area (Å²) in [5, 5.41) is 9.66. The highest BCUT2D eigenvalue weighted by Gasteiger charge is 2.33. The van der Waals surface area contributed by atoms with Gasteiger partial charge in [-0.25, -0.2) is 4.79 Å². The van der Waals surface area contributed by atoms with Crippen molar-refractivity contribution < 1.29 is 43.2 Å². The number of carbonyl (C=O) groups is 4. The van der Waals surface area contributed by atoms with Gasteiger partial charge in [-0.2, -0.15) is 0 Å². The van der Waals surface area contributed by atoms with Crippen molar-refractivity contribution in [3.63, 3.8) is 0 Å². The van der Waals surface area contributed by atoms with Gasteiger partial charge in [0, 0.05) is 18.8 Å². The van der Waals surface area contributed by atoms with E-state index in [4.69, 9.17) is 24.7 Å². The molecule has 0 amide bonds. The SMILES string of the molecule is CCCCC(=O)Oc1ccc(C(C(C)COC(=O)OCCC(C)C)[C@H](N)C(=O)O)cc1OC(=O)CCCC. The van der Waals surface area contributed by atoms with E-state index < -0.39 is 41.9 Å². The van der Waals surface area contributed by atoms with Crippen molar-refractivity contribution in [2.45, 2.75) is 91.5 Å². The van der Waals surface area contributed by atoms with E-state index in [2.05, 4.69) is 0 Å². The Morgan fingerprint density at radius 1 is 0.895 bits per heavy atom. The molecule has 0 aliphatic heterocycles. The summed E-state index contributed by atoms with van der Waals surface area (Å²) in [5.74, 6) is -3.18. The van der Waals surface area contributed by atoms with Crippen LogP contribution in [0.5, 0.6) is 11.5 Å². The fourth-order valence-corrected chi connectivity index (χ4v) is 3.65. The third-order valence-corrected chi connectivity index (χ3v) is 5.93. The molecule has 10 nitrogen and oxygen atoms in total. The van der Waals surface area contributed by atoms with Gasteiger partial charge in [-0.15, -0.1) is 0 Å². The Bertz CT molecular complexity index is 916. The van der Waals surface area contributed by atoms with Crippen LogP contribution in [0.3, 0.4) is 0 Å². The van der Waals surface area contributed by atoms with Gasteiger partial charge >= 0.3 is 24.1 Å². The zero-order valence-corrected chi connectivity index (χ0v) is 23.2. The maximum absolute atomic E-state index is 12.4. The molecular formula is C28H43NO9. The maximum Gasteiger partial charge on any atom is 0.508 e. The molecule has 0 fully saturated rings. The third-order valence-electron chi connectivity index (χ3n) is 5.93. The number of carbonyl (C=O) groups excluding carboxylic acids is 3. The standard InChI is InChI=1S/C28H43NO9/c1-6-8-10-23(30)37-21-13-12-20(16-22(21)38-24(31)11-9-7-2)25(26(29)27(32)33)19(5)17-36-28(34)35-15-14-18(3)4/h12-13,16,18-19,25-26H,6-11,14-15,17,29H2,1-5H3,(H,32,33)/t19?,25?,26-/m0/s1. The smallest absolute Gasteiger partial charge is 0.480 e. The molecule has 3 N–H and O–H groups in total. The first-order chi connectivity index (χ1) is 18.0. The van der Waals surface area contributed by atoms with Crippen molar-refractivity contribution in [1.82, 2.24) is 0 Å². The average molecular weight is 538 g/mol. The minimum atomic E-state index is -1.35. The molecule has 214 valence electrons. The molecule has 0 aliphatic carbocycles. The third kappa shape index (κ3) is 11.9. The van der Waals surface area contributed by atoms with Crippen LogP contribution in [0.2, 0.25) is 0 Å². The summed E-state index contributed by atoms with van der Waals surface area (Å²) in [6.45, 7) is 9.66. The van der Waals surface area contributed by atoms with E-state index in [0.717, 1.165) is 12.8 Å². The first kappa shape index (κ1) is 32.9. The van der Waals surface area contributed by atoms with Crippen LogP contribution in [-0.4, -0.2) is 48.4 Å². The molecule has 1 aromatic rings. The predicted molar refractivity (Wildman–Crippen MR) is 141 cm³/mol. The fourth-order valence-electron chi connectivity index (χ4n) is 3.65. The molecule has 0 bridgehead atoms. The molecule has 1 aromatic carbocycles. The number of benzene rings is 1. The van der Waals surface area contributed by atoms with Gasteiger partial charge in [0.05, 0.1) is 13.2 Å². The van der Waals surface area contributed by atoms with Crippen molar-refractivity contribution in [1.29, 1.82) is 0 Å². The van der Waals surface area contributed by atoms with Crippen molar-refractivity contribution in [2.75, 3.05) is 13.2 Å². The minimum Gasteiger partial charge on any atom is -0.480 e. The number of hydrogen-bond donors (Lipinski definition) is 2. The number of ether oxygens (including phenoxy) is 4. The number of carboxylic acid groups (broad SMARTS) is 1. The van der Waals surface area contributed by atoms with Crippen LogP contribution in [0.4, 0.5) is 4.79 Å². The molecule has 0 aliphatic rings. The second kappa shape index (κ2) is 17.4. The summed E-state index contributed by atoms with van der Waals surface area (Å²) >= 11 is 0. The molecule has 0 aromatic heterocycles. The highest BCUT2D eigenvalue weighted by molar-refractivity contribution is 5.77. The normalized spacial score (nSPS) is 13.3. The molecule has 38 heavy (non-hydrogen) atoms. The zero-order chi connectivity index (χ0) is 28.7. The Hall–Kier alpha value is -3.14. The van der Waals surface area contributed by atoms with Gasteiger partial charge < -0.3 is 29.8 Å². The Morgan fingerprint density at radius 3 is 2.00 bits per heavy atom. The van der Waals surface area contributed by atoms with Gasteiger partial charge in [-0.05, 0) is 48.8 Å². The van der Waals surface area contributed by atoms with E-state index in [1.807, 2.05) is 27.7 Å². The van der Waals surface area contributed by atoms with E-state index >= 15 is 0 Å². The molecule has 10 heteroatoms. The van der Waals surface area contributed by atoms with Crippen molar-refractivity contribution in [3.05, 3.63) is 23.8 Å². The molecule has 3 atom stereocenters. The molecule has 0 saturated heterocycles. The van der Waals surface area contributed by atoms with Crippen molar-refractivity contribution >= 4 is 24.1 Å². The van der Waals surface area contributed by atoms with Crippen molar-refractivity contribution in [2.24, 2.45) is 17.6 Å². The Balaban J connectivity index is 3.20. The second-order valence-electron chi connectivity index (χ2n) is 9.82. The number of aliphatic carboxylic acids is 1. The number of hydrogen-bond acceptors (Lipinski definition) is 9. The summed E-state index contributed by atoms with van der Waals surface area (Å²) in [6, 6.07) is 3.12.